The fourth-order valence-corrected chi connectivity index (χ4v) is 4.45. The van der Waals surface area contributed by atoms with Gasteiger partial charge in [0.1, 0.15) is 5.57 Å². The number of aromatic nitrogens is 3. The molecular formula is C30H26N3+. The lowest BCUT2D eigenvalue weighted by Crippen LogP contribution is -2.08. The van der Waals surface area contributed by atoms with Crippen molar-refractivity contribution in [3.8, 4) is 22.8 Å². The Kier molecular flexibility index (Phi) is 5.20. The molecule has 160 valence electrons. The third kappa shape index (κ3) is 3.88. The Balaban J connectivity index is 1.79. The molecule has 0 spiro atoms. The number of rotatable bonds is 3. The zero-order valence-corrected chi connectivity index (χ0v) is 19.7. The summed E-state index contributed by atoms with van der Waals surface area (Å²) in [4.78, 5) is 15.0. The van der Waals surface area contributed by atoms with Crippen LogP contribution in [0.15, 0.2) is 72.3 Å². The largest absolute Gasteiger partial charge is 0.208 e. The summed E-state index contributed by atoms with van der Waals surface area (Å²) in [5.41, 5.74) is 11.1. The highest BCUT2D eigenvalue weighted by Crippen LogP contribution is 2.34. The van der Waals surface area contributed by atoms with Gasteiger partial charge in [-0.05, 0) is 63.9 Å². The summed E-state index contributed by atoms with van der Waals surface area (Å²) in [5, 5.41) is 0. The molecule has 0 bridgehead atoms. The van der Waals surface area contributed by atoms with E-state index in [-0.39, 0.29) is 0 Å². The van der Waals surface area contributed by atoms with Crippen molar-refractivity contribution in [2.45, 2.75) is 34.6 Å². The van der Waals surface area contributed by atoms with Gasteiger partial charge in [0.15, 0.2) is 23.0 Å². The minimum absolute atomic E-state index is 0.692. The van der Waals surface area contributed by atoms with E-state index in [9.17, 15) is 0 Å². The molecule has 1 aliphatic carbocycles. The Morgan fingerprint density at radius 2 is 1.12 bits per heavy atom. The molecule has 0 saturated heterocycles. The molecule has 0 fully saturated rings. The molecule has 0 atom stereocenters. The van der Waals surface area contributed by atoms with Crippen LogP contribution in [0, 0.1) is 33.8 Å². The van der Waals surface area contributed by atoms with Gasteiger partial charge in [-0.25, -0.2) is 15.0 Å². The molecule has 4 aromatic rings. The first kappa shape index (κ1) is 20.9. The number of allylic oxidation sites excluding steroid dienone is 2. The van der Waals surface area contributed by atoms with E-state index in [2.05, 4.69) is 95.3 Å². The molecule has 0 amide bonds. The average Bonchev–Trinajstić information content (AvgIpc) is 2.78. The zero-order chi connectivity index (χ0) is 23.1. The molecule has 0 unspecified atom stereocenters. The van der Waals surface area contributed by atoms with E-state index in [1.807, 2.05) is 12.1 Å². The summed E-state index contributed by atoms with van der Waals surface area (Å²) in [6, 6.07) is 21.1. The Morgan fingerprint density at radius 1 is 0.576 bits per heavy atom. The zero-order valence-electron chi connectivity index (χ0n) is 19.7. The maximum atomic E-state index is 5.01. The van der Waals surface area contributed by atoms with Crippen LogP contribution in [-0.2, 0) is 0 Å². The van der Waals surface area contributed by atoms with Crippen molar-refractivity contribution in [1.29, 1.82) is 0 Å². The molecule has 5 rings (SSSR count). The number of nitrogens with zero attached hydrogens (tertiary/aromatic N) is 3. The smallest absolute Gasteiger partial charge is 0.184 e. The minimum atomic E-state index is 0.692. The van der Waals surface area contributed by atoms with Gasteiger partial charge in [-0.15, -0.1) is 0 Å². The summed E-state index contributed by atoms with van der Waals surface area (Å²) < 4.78 is 0. The van der Waals surface area contributed by atoms with Crippen molar-refractivity contribution in [3.05, 3.63) is 118 Å². The minimum Gasteiger partial charge on any atom is -0.208 e. The molecule has 0 radical (unpaired) electrons. The maximum absolute atomic E-state index is 5.01. The molecule has 33 heavy (non-hydrogen) atoms. The SMILES string of the molecule is CC1=C(c2nc(-c3ccc(C)cc3C)nc(-c3ccc(C)cc3C)n2)c2ccccc2[C+]=C1. The molecule has 1 heterocycles. The van der Waals surface area contributed by atoms with Gasteiger partial charge < -0.3 is 0 Å². The number of fused-ring (bicyclic) bond motifs is 1. The Labute approximate surface area is 195 Å². The van der Waals surface area contributed by atoms with Gasteiger partial charge in [-0.1, -0.05) is 47.5 Å². The van der Waals surface area contributed by atoms with Crippen LogP contribution < -0.4 is 0 Å². The van der Waals surface area contributed by atoms with Crippen LogP contribution in [0.3, 0.4) is 0 Å². The highest BCUT2D eigenvalue weighted by molar-refractivity contribution is 5.85. The van der Waals surface area contributed by atoms with Gasteiger partial charge in [0, 0.05) is 28.8 Å². The fraction of sp³-hybridized carbons (Fsp3) is 0.167. The molecule has 0 aliphatic heterocycles. The van der Waals surface area contributed by atoms with Crippen LogP contribution >= 0.6 is 0 Å². The quantitative estimate of drug-likeness (QED) is 0.330. The molecular weight excluding hydrogens is 402 g/mol. The van der Waals surface area contributed by atoms with Crippen molar-refractivity contribution in [2.75, 3.05) is 0 Å². The monoisotopic (exact) mass is 428 g/mol. The second-order valence-corrected chi connectivity index (χ2v) is 8.84. The average molecular weight is 429 g/mol. The second-order valence-electron chi connectivity index (χ2n) is 8.84. The summed E-state index contributed by atoms with van der Waals surface area (Å²) in [7, 11) is 0. The first-order valence-electron chi connectivity index (χ1n) is 11.2. The summed E-state index contributed by atoms with van der Waals surface area (Å²) in [5.74, 6) is 2.09. The van der Waals surface area contributed by atoms with Gasteiger partial charge in [0.05, 0.1) is 11.6 Å². The summed E-state index contributed by atoms with van der Waals surface area (Å²) >= 11 is 0. The Hall–Kier alpha value is -3.94. The number of aryl methyl sites for hydroxylation is 4. The topological polar surface area (TPSA) is 38.7 Å². The molecule has 3 heteroatoms. The predicted octanol–water partition coefficient (Wildman–Crippen LogP) is 6.98. The van der Waals surface area contributed by atoms with Gasteiger partial charge in [0.25, 0.3) is 0 Å². The highest BCUT2D eigenvalue weighted by Gasteiger charge is 2.26. The van der Waals surface area contributed by atoms with Crippen molar-refractivity contribution < 1.29 is 0 Å². The number of hydrogen-bond acceptors (Lipinski definition) is 3. The molecule has 1 aromatic heterocycles. The van der Waals surface area contributed by atoms with Gasteiger partial charge in [-0.3, -0.25) is 0 Å². The van der Waals surface area contributed by atoms with E-state index in [1.54, 1.807) is 0 Å². The fourth-order valence-electron chi connectivity index (χ4n) is 4.45. The van der Waals surface area contributed by atoms with Gasteiger partial charge in [-0.2, -0.15) is 0 Å². The van der Waals surface area contributed by atoms with Crippen molar-refractivity contribution >= 4 is 5.57 Å². The van der Waals surface area contributed by atoms with E-state index >= 15 is 0 Å². The van der Waals surface area contributed by atoms with Crippen molar-refractivity contribution in [3.63, 3.8) is 0 Å². The normalized spacial score (nSPS) is 12.5. The molecule has 1 aliphatic rings. The van der Waals surface area contributed by atoms with E-state index in [0.717, 1.165) is 44.5 Å². The molecule has 0 saturated carbocycles. The number of hydrogen-bond donors (Lipinski definition) is 0. The predicted molar refractivity (Wildman–Crippen MR) is 135 cm³/mol. The summed E-state index contributed by atoms with van der Waals surface area (Å²) in [6.07, 6.45) is 5.40. The van der Waals surface area contributed by atoms with Crippen LogP contribution in [0.25, 0.3) is 28.3 Å². The first-order chi connectivity index (χ1) is 15.9. The maximum Gasteiger partial charge on any atom is 0.184 e. The lowest BCUT2D eigenvalue weighted by Gasteiger charge is -2.14. The third-order valence-corrected chi connectivity index (χ3v) is 6.14. The van der Waals surface area contributed by atoms with Crippen LogP contribution in [0.4, 0.5) is 0 Å². The molecule has 0 N–H and O–H groups in total. The van der Waals surface area contributed by atoms with Gasteiger partial charge >= 0.3 is 0 Å². The lowest BCUT2D eigenvalue weighted by atomic mass is 9.90. The van der Waals surface area contributed by atoms with Crippen LogP contribution in [0.5, 0.6) is 0 Å². The van der Waals surface area contributed by atoms with Crippen molar-refractivity contribution in [2.24, 2.45) is 0 Å². The Bertz CT molecular complexity index is 1390. The van der Waals surface area contributed by atoms with Crippen LogP contribution in [-0.4, -0.2) is 15.0 Å². The number of benzene rings is 3. The van der Waals surface area contributed by atoms with E-state index in [0.29, 0.717) is 17.5 Å². The standard InChI is InChI=1S/C30H26N3/c1-18-10-14-24(21(4)16-18)28-31-29(25-15-11-19(2)17-22(25)5)33-30(32-28)27-20(3)12-13-23-8-6-7-9-26(23)27/h6-12,14-17H,1-5H3/q+1. The van der Waals surface area contributed by atoms with E-state index in [4.69, 9.17) is 15.0 Å². The van der Waals surface area contributed by atoms with Crippen LogP contribution in [0.2, 0.25) is 0 Å². The van der Waals surface area contributed by atoms with Crippen LogP contribution in [0.1, 0.15) is 46.1 Å². The first-order valence-corrected chi connectivity index (χ1v) is 11.2. The molecule has 3 aromatic carbocycles. The van der Waals surface area contributed by atoms with E-state index in [1.165, 1.54) is 11.1 Å². The van der Waals surface area contributed by atoms with E-state index < -0.39 is 0 Å². The van der Waals surface area contributed by atoms with Crippen molar-refractivity contribution in [1.82, 2.24) is 15.0 Å². The lowest BCUT2D eigenvalue weighted by molar-refractivity contribution is 1.02. The highest BCUT2D eigenvalue weighted by atomic mass is 15.0. The van der Waals surface area contributed by atoms with Gasteiger partial charge in [0.2, 0.25) is 0 Å². The second kappa shape index (κ2) is 8.20. The summed E-state index contributed by atoms with van der Waals surface area (Å²) in [6.45, 7) is 10.5. The molecule has 3 nitrogen and oxygen atoms in total. The Morgan fingerprint density at radius 3 is 1.70 bits per heavy atom. The third-order valence-electron chi connectivity index (χ3n) is 6.14.